The maximum Gasteiger partial charge on any atom is 0.263 e. The van der Waals surface area contributed by atoms with Gasteiger partial charge in [-0.15, -0.1) is 0 Å². The Morgan fingerprint density at radius 1 is 1.05 bits per heavy atom. The lowest BCUT2D eigenvalue weighted by molar-refractivity contribution is 0.600. The predicted octanol–water partition coefficient (Wildman–Crippen LogP) is 2.48. The maximum absolute atomic E-state index is 12.0. The third-order valence-corrected chi connectivity index (χ3v) is 4.00. The van der Waals surface area contributed by atoms with Crippen LogP contribution in [0.15, 0.2) is 46.2 Å². The lowest BCUT2D eigenvalue weighted by atomic mass is 10.3. The number of halogens is 2. The van der Waals surface area contributed by atoms with Crippen molar-refractivity contribution in [1.82, 2.24) is 4.98 Å². The molecule has 0 aliphatic carbocycles. The summed E-state index contributed by atoms with van der Waals surface area (Å²) in [4.78, 5) is 13.1. The van der Waals surface area contributed by atoms with Crippen molar-refractivity contribution in [2.45, 2.75) is 4.90 Å². The first-order chi connectivity index (χ1) is 8.87. The van der Waals surface area contributed by atoms with E-state index in [0.29, 0.717) is 10.0 Å². The molecule has 0 bridgehead atoms. The van der Waals surface area contributed by atoms with E-state index in [1.54, 1.807) is 0 Å². The van der Waals surface area contributed by atoms with E-state index in [1.165, 1.54) is 24.3 Å². The quantitative estimate of drug-likeness (QED) is 0.912. The highest BCUT2D eigenvalue weighted by atomic mass is 35.5. The van der Waals surface area contributed by atoms with Gasteiger partial charge in [0, 0.05) is 22.3 Å². The highest BCUT2D eigenvalue weighted by molar-refractivity contribution is 7.92. The molecule has 0 saturated heterocycles. The van der Waals surface area contributed by atoms with Crippen molar-refractivity contribution in [2.24, 2.45) is 0 Å². The van der Waals surface area contributed by atoms with Gasteiger partial charge in [0.05, 0.1) is 5.69 Å². The van der Waals surface area contributed by atoms with Gasteiger partial charge in [0.15, 0.2) is 0 Å². The zero-order valence-electron chi connectivity index (χ0n) is 9.35. The third-order valence-electron chi connectivity index (χ3n) is 2.18. The zero-order valence-corrected chi connectivity index (χ0v) is 11.7. The van der Waals surface area contributed by atoms with Gasteiger partial charge in [0.2, 0.25) is 5.56 Å². The molecule has 2 rings (SSSR count). The van der Waals surface area contributed by atoms with E-state index in [9.17, 15) is 13.2 Å². The Labute approximate surface area is 119 Å². The molecule has 2 aromatic rings. The third kappa shape index (κ3) is 3.50. The number of hydrogen-bond acceptors (Lipinski definition) is 3. The van der Waals surface area contributed by atoms with Crippen LogP contribution in [0.3, 0.4) is 0 Å². The van der Waals surface area contributed by atoms with Gasteiger partial charge in [-0.3, -0.25) is 9.52 Å². The van der Waals surface area contributed by atoms with E-state index in [2.05, 4.69) is 9.71 Å². The fraction of sp³-hybridized carbons (Fsp3) is 0. The molecule has 0 radical (unpaired) electrons. The molecule has 0 fully saturated rings. The van der Waals surface area contributed by atoms with E-state index >= 15 is 0 Å². The van der Waals surface area contributed by atoms with E-state index < -0.39 is 10.0 Å². The molecule has 0 aliphatic rings. The average molecular weight is 319 g/mol. The largest absolute Gasteiger partial charge is 0.328 e. The molecule has 100 valence electrons. The summed E-state index contributed by atoms with van der Waals surface area (Å²) in [5.41, 5.74) is -0.145. The fourth-order valence-corrected chi connectivity index (χ4v) is 2.92. The lowest BCUT2D eigenvalue weighted by Gasteiger charge is -2.08. The molecular formula is C11H8Cl2N2O3S. The van der Waals surface area contributed by atoms with Gasteiger partial charge in [0.1, 0.15) is 4.90 Å². The second-order valence-electron chi connectivity index (χ2n) is 3.65. The van der Waals surface area contributed by atoms with Crippen LogP contribution in [-0.2, 0) is 10.0 Å². The van der Waals surface area contributed by atoms with Gasteiger partial charge in [0.25, 0.3) is 10.0 Å². The summed E-state index contributed by atoms with van der Waals surface area (Å²) in [6.45, 7) is 0. The maximum atomic E-state index is 12.0. The smallest absolute Gasteiger partial charge is 0.263 e. The number of rotatable bonds is 3. The van der Waals surface area contributed by atoms with Crippen molar-refractivity contribution in [2.75, 3.05) is 4.72 Å². The van der Waals surface area contributed by atoms with Gasteiger partial charge in [-0.05, 0) is 24.3 Å². The van der Waals surface area contributed by atoms with E-state index in [4.69, 9.17) is 23.2 Å². The normalized spacial score (nSPS) is 11.3. The van der Waals surface area contributed by atoms with Crippen molar-refractivity contribution in [3.63, 3.8) is 0 Å². The Bertz CT molecular complexity index is 731. The minimum Gasteiger partial charge on any atom is -0.328 e. The van der Waals surface area contributed by atoms with Crippen LogP contribution in [0.5, 0.6) is 0 Å². The van der Waals surface area contributed by atoms with Crippen molar-refractivity contribution in [3.05, 3.63) is 56.9 Å². The Balaban J connectivity index is 2.36. The monoisotopic (exact) mass is 318 g/mol. The van der Waals surface area contributed by atoms with Crippen LogP contribution in [0, 0.1) is 0 Å². The number of sulfonamides is 1. The lowest BCUT2D eigenvalue weighted by Crippen LogP contribution is -2.15. The number of benzene rings is 1. The van der Waals surface area contributed by atoms with Crippen molar-refractivity contribution in [1.29, 1.82) is 0 Å². The Morgan fingerprint density at radius 2 is 1.68 bits per heavy atom. The molecule has 0 saturated carbocycles. The van der Waals surface area contributed by atoms with Gasteiger partial charge in [-0.25, -0.2) is 8.42 Å². The first-order valence-corrected chi connectivity index (χ1v) is 7.28. The molecule has 0 aliphatic heterocycles. The molecule has 1 aromatic carbocycles. The summed E-state index contributed by atoms with van der Waals surface area (Å²) in [6, 6.07) is 6.67. The molecule has 0 amide bonds. The van der Waals surface area contributed by atoms with Crippen LogP contribution in [0.4, 0.5) is 5.69 Å². The number of anilines is 1. The summed E-state index contributed by atoms with van der Waals surface area (Å²) in [5.74, 6) is 0. The molecule has 19 heavy (non-hydrogen) atoms. The molecule has 0 spiro atoms. The molecule has 0 atom stereocenters. The van der Waals surface area contributed by atoms with Crippen LogP contribution < -0.4 is 10.3 Å². The number of hydrogen-bond donors (Lipinski definition) is 2. The van der Waals surface area contributed by atoms with Crippen LogP contribution in [0.1, 0.15) is 0 Å². The summed E-state index contributed by atoms with van der Waals surface area (Å²) in [7, 11) is -3.80. The molecule has 8 heteroatoms. The molecule has 0 unspecified atom stereocenters. The minimum atomic E-state index is -3.80. The summed E-state index contributed by atoms with van der Waals surface area (Å²) < 4.78 is 26.3. The summed E-state index contributed by atoms with van der Waals surface area (Å²) >= 11 is 11.6. The SMILES string of the molecule is O=c1ccc(S(=O)(=O)Nc2cc(Cl)cc(Cl)c2)c[nH]1. The highest BCUT2D eigenvalue weighted by Gasteiger charge is 2.14. The number of pyridine rings is 1. The van der Waals surface area contributed by atoms with Crippen molar-refractivity contribution >= 4 is 38.9 Å². The Hall–Kier alpha value is -1.50. The topological polar surface area (TPSA) is 79.0 Å². The zero-order chi connectivity index (χ0) is 14.0. The standard InChI is InChI=1S/C11H8Cl2N2O3S/c12-7-3-8(13)5-9(4-7)15-19(17,18)10-1-2-11(16)14-6-10/h1-6,15H,(H,14,16). The van der Waals surface area contributed by atoms with Crippen molar-refractivity contribution < 1.29 is 8.42 Å². The summed E-state index contributed by atoms with van der Waals surface area (Å²) in [6.07, 6.45) is 1.11. The summed E-state index contributed by atoms with van der Waals surface area (Å²) in [5, 5.41) is 0.623. The fourth-order valence-electron chi connectivity index (χ4n) is 1.39. The molecule has 1 heterocycles. The first-order valence-electron chi connectivity index (χ1n) is 5.04. The van der Waals surface area contributed by atoms with E-state index in [1.807, 2.05) is 0 Å². The number of nitrogens with one attached hydrogen (secondary N) is 2. The van der Waals surface area contributed by atoms with Gasteiger partial charge in [-0.2, -0.15) is 0 Å². The first kappa shape index (κ1) is 13.9. The van der Waals surface area contributed by atoms with E-state index in [0.717, 1.165) is 12.3 Å². The average Bonchev–Trinajstić information content (AvgIpc) is 2.27. The molecule has 1 aromatic heterocycles. The second kappa shape index (κ2) is 5.24. The van der Waals surface area contributed by atoms with Crippen LogP contribution in [-0.4, -0.2) is 13.4 Å². The predicted molar refractivity (Wildman–Crippen MR) is 74.3 cm³/mol. The number of H-pyrrole nitrogens is 1. The number of aromatic amines is 1. The van der Waals surface area contributed by atoms with Gasteiger partial charge in [-0.1, -0.05) is 23.2 Å². The van der Waals surface area contributed by atoms with Gasteiger partial charge < -0.3 is 4.98 Å². The Kier molecular flexibility index (Phi) is 3.84. The van der Waals surface area contributed by atoms with Gasteiger partial charge >= 0.3 is 0 Å². The molecular weight excluding hydrogens is 311 g/mol. The number of aromatic nitrogens is 1. The van der Waals surface area contributed by atoms with E-state index in [-0.39, 0.29) is 16.1 Å². The second-order valence-corrected chi connectivity index (χ2v) is 6.21. The Morgan fingerprint density at radius 3 is 2.21 bits per heavy atom. The minimum absolute atomic E-state index is 0.0665. The highest BCUT2D eigenvalue weighted by Crippen LogP contribution is 2.24. The van der Waals surface area contributed by atoms with Crippen LogP contribution >= 0.6 is 23.2 Å². The molecule has 5 nitrogen and oxygen atoms in total. The van der Waals surface area contributed by atoms with Crippen molar-refractivity contribution in [3.8, 4) is 0 Å². The van der Waals surface area contributed by atoms with Crippen LogP contribution in [0.25, 0.3) is 0 Å². The molecule has 2 N–H and O–H groups in total. The van der Waals surface area contributed by atoms with Crippen LogP contribution in [0.2, 0.25) is 10.0 Å².